The molecule has 3 aliphatic heterocycles. The average molecular weight is 628 g/mol. The summed E-state index contributed by atoms with van der Waals surface area (Å²) in [6.07, 6.45) is -2.27. The van der Waals surface area contributed by atoms with E-state index in [1.165, 1.54) is 12.1 Å². The fraction of sp³-hybridized carbons (Fsp3) is 0.742. The first-order chi connectivity index (χ1) is 20.8. The minimum Gasteiger partial charge on any atom is -0.449 e. The monoisotopic (exact) mass is 627 g/mol. The Morgan fingerprint density at radius 2 is 1.95 bits per heavy atom. The average Bonchev–Trinajstić information content (AvgIpc) is 3.51. The number of rotatable bonds is 9. The maximum absolute atomic E-state index is 14.5. The van der Waals surface area contributed by atoms with Gasteiger partial charge in [0.1, 0.15) is 5.75 Å². The van der Waals surface area contributed by atoms with Crippen LogP contribution in [-0.4, -0.2) is 106 Å². The van der Waals surface area contributed by atoms with Crippen LogP contribution in [0.1, 0.15) is 50.7 Å². The number of likely N-dealkylation sites (tertiary alicyclic amines) is 1. The highest BCUT2D eigenvalue weighted by Gasteiger charge is 2.60. The zero-order valence-corrected chi connectivity index (χ0v) is 25.9. The Bertz CT molecular complexity index is 1200. The molecule has 1 saturated carbocycles. The molecule has 3 heterocycles. The van der Waals surface area contributed by atoms with Crippen LogP contribution in [0, 0.1) is 11.3 Å². The number of hydrogen-bond donors (Lipinski definition) is 1. The Kier molecular flexibility index (Phi) is 9.69. The van der Waals surface area contributed by atoms with Crippen LogP contribution < -0.4 is 10.1 Å². The third-order valence-corrected chi connectivity index (χ3v) is 9.81. The molecule has 4 aliphatic rings. The van der Waals surface area contributed by atoms with Crippen molar-refractivity contribution in [1.29, 1.82) is 0 Å². The van der Waals surface area contributed by atoms with Crippen LogP contribution >= 0.6 is 0 Å². The van der Waals surface area contributed by atoms with E-state index in [4.69, 9.17) is 18.9 Å². The van der Waals surface area contributed by atoms with E-state index in [0.29, 0.717) is 57.6 Å². The summed E-state index contributed by atoms with van der Waals surface area (Å²) >= 11 is 0. The normalized spacial score (nSPS) is 28.9. The number of ether oxygens (including phenoxy) is 5. The number of methoxy groups -OCH3 is 2. The standard InChI is InChI=1S/C31H44F3N3O7/c1-29(2,41-4)9-12-43-28(39)37-17-22-14-23(35-25-8-11-42-18-26(25)40-3)15-30(22,19-37)27(38)36-10-7-20-5-6-24(13-21(20)16-36)44-31(32,33)34/h5-6,13,22-23,25-26,35H,7-12,14-19H2,1-4H3/t22-,23+,25?,26?,30-/m0/s1. The van der Waals surface area contributed by atoms with Gasteiger partial charge >= 0.3 is 12.5 Å². The highest BCUT2D eigenvalue weighted by molar-refractivity contribution is 5.86. The summed E-state index contributed by atoms with van der Waals surface area (Å²) in [5.41, 5.74) is 0.252. The van der Waals surface area contributed by atoms with Crippen molar-refractivity contribution in [2.45, 2.75) is 82.6 Å². The fourth-order valence-electron chi connectivity index (χ4n) is 7.20. The molecule has 2 unspecified atom stereocenters. The largest absolute Gasteiger partial charge is 0.573 e. The van der Waals surface area contributed by atoms with E-state index < -0.39 is 23.5 Å². The zero-order valence-electron chi connectivity index (χ0n) is 25.9. The lowest BCUT2D eigenvalue weighted by Gasteiger charge is -2.38. The molecule has 0 radical (unpaired) electrons. The number of hydrogen-bond acceptors (Lipinski definition) is 8. The molecular formula is C31H44F3N3O7. The molecule has 1 aromatic carbocycles. The molecule has 2 amide bonds. The van der Waals surface area contributed by atoms with Crippen molar-refractivity contribution in [1.82, 2.24) is 15.1 Å². The lowest BCUT2D eigenvalue weighted by Crippen LogP contribution is -2.52. The summed E-state index contributed by atoms with van der Waals surface area (Å²) in [5, 5.41) is 3.73. The van der Waals surface area contributed by atoms with Crippen molar-refractivity contribution in [2.24, 2.45) is 11.3 Å². The second kappa shape index (κ2) is 13.0. The number of fused-ring (bicyclic) bond motifs is 2. The van der Waals surface area contributed by atoms with Crippen LogP contribution in [0.25, 0.3) is 0 Å². The molecule has 0 aromatic heterocycles. The Morgan fingerprint density at radius 1 is 1.16 bits per heavy atom. The molecule has 0 bridgehead atoms. The number of carbonyl (C=O) groups is 2. The van der Waals surface area contributed by atoms with E-state index in [9.17, 15) is 22.8 Å². The molecular weight excluding hydrogens is 583 g/mol. The van der Waals surface area contributed by atoms with Gasteiger partial charge in [-0.15, -0.1) is 13.2 Å². The van der Waals surface area contributed by atoms with Crippen molar-refractivity contribution in [3.63, 3.8) is 0 Å². The second-order valence-electron chi connectivity index (χ2n) is 13.1. The van der Waals surface area contributed by atoms with E-state index in [2.05, 4.69) is 10.1 Å². The maximum Gasteiger partial charge on any atom is 0.573 e. The van der Waals surface area contributed by atoms with Gasteiger partial charge in [0.2, 0.25) is 5.91 Å². The summed E-state index contributed by atoms with van der Waals surface area (Å²) in [5.74, 6) is -0.481. The Hall–Kier alpha value is -2.61. The van der Waals surface area contributed by atoms with Crippen molar-refractivity contribution in [3.05, 3.63) is 29.3 Å². The zero-order chi connectivity index (χ0) is 31.7. The SMILES string of the molecule is COC1COCCC1N[C@@H]1C[C@H]2CN(C(=O)OCCC(C)(C)OC)C[C@@]2(C(=O)N2CCc3ccc(OC(F)(F)F)cc3C2)C1. The number of benzene rings is 1. The van der Waals surface area contributed by atoms with Gasteiger partial charge in [-0.3, -0.25) is 4.79 Å². The van der Waals surface area contributed by atoms with Crippen LogP contribution in [-0.2, 0) is 36.7 Å². The first-order valence-electron chi connectivity index (χ1n) is 15.3. The topological polar surface area (TPSA) is 98.8 Å². The van der Waals surface area contributed by atoms with Crippen molar-refractivity contribution < 1.29 is 46.4 Å². The quantitative estimate of drug-likeness (QED) is 0.441. The highest BCUT2D eigenvalue weighted by atomic mass is 19.4. The highest BCUT2D eigenvalue weighted by Crippen LogP contribution is 2.51. The van der Waals surface area contributed by atoms with Gasteiger partial charge in [-0.05, 0) is 68.7 Å². The molecule has 1 aliphatic carbocycles. The summed E-state index contributed by atoms with van der Waals surface area (Å²) in [4.78, 5) is 31.0. The minimum absolute atomic E-state index is 0.0363. The lowest BCUT2D eigenvalue weighted by molar-refractivity contribution is -0.274. The van der Waals surface area contributed by atoms with Gasteiger partial charge in [-0.2, -0.15) is 0 Å². The van der Waals surface area contributed by atoms with Gasteiger partial charge in [-0.1, -0.05) is 6.07 Å². The minimum atomic E-state index is -4.80. The van der Waals surface area contributed by atoms with E-state index >= 15 is 0 Å². The summed E-state index contributed by atoms with van der Waals surface area (Å²) in [6, 6.07) is 4.43. The molecule has 0 spiro atoms. The molecule has 13 heteroatoms. The Morgan fingerprint density at radius 3 is 2.68 bits per heavy atom. The number of nitrogens with zero attached hydrogens (tertiary/aromatic N) is 2. The molecule has 1 N–H and O–H groups in total. The Balaban J connectivity index is 1.32. The molecule has 246 valence electrons. The summed E-state index contributed by atoms with van der Waals surface area (Å²) in [7, 11) is 3.28. The lowest BCUT2D eigenvalue weighted by atomic mass is 9.78. The fourth-order valence-corrected chi connectivity index (χ4v) is 7.20. The van der Waals surface area contributed by atoms with E-state index in [1.807, 2.05) is 13.8 Å². The second-order valence-corrected chi connectivity index (χ2v) is 13.1. The van der Waals surface area contributed by atoms with E-state index in [-0.39, 0.29) is 55.5 Å². The van der Waals surface area contributed by atoms with Crippen LogP contribution in [0.4, 0.5) is 18.0 Å². The van der Waals surface area contributed by atoms with E-state index in [1.54, 1.807) is 30.1 Å². The summed E-state index contributed by atoms with van der Waals surface area (Å²) < 4.78 is 65.0. The van der Waals surface area contributed by atoms with Gasteiger partial charge in [0, 0.05) is 65.5 Å². The molecule has 2 saturated heterocycles. The van der Waals surface area contributed by atoms with Crippen LogP contribution in [0.5, 0.6) is 5.75 Å². The predicted molar refractivity (Wildman–Crippen MR) is 153 cm³/mol. The molecule has 1 aromatic rings. The van der Waals surface area contributed by atoms with Crippen molar-refractivity contribution in [2.75, 3.05) is 53.7 Å². The van der Waals surface area contributed by atoms with Gasteiger partial charge in [0.15, 0.2) is 0 Å². The smallest absolute Gasteiger partial charge is 0.449 e. The third-order valence-electron chi connectivity index (χ3n) is 9.81. The van der Waals surface area contributed by atoms with Gasteiger partial charge in [-0.25, -0.2) is 4.79 Å². The number of alkyl halides is 3. The predicted octanol–water partition coefficient (Wildman–Crippen LogP) is 3.90. The molecule has 5 atom stereocenters. The first kappa shape index (κ1) is 32.8. The molecule has 5 rings (SSSR count). The number of carbonyl (C=O) groups excluding carboxylic acids is 2. The van der Waals surface area contributed by atoms with E-state index in [0.717, 1.165) is 12.0 Å². The van der Waals surface area contributed by atoms with Crippen molar-refractivity contribution in [3.8, 4) is 5.75 Å². The first-order valence-corrected chi connectivity index (χ1v) is 15.3. The van der Waals surface area contributed by atoms with Crippen LogP contribution in [0.3, 0.4) is 0 Å². The Labute approximate surface area is 256 Å². The third kappa shape index (κ3) is 7.27. The maximum atomic E-state index is 14.5. The molecule has 44 heavy (non-hydrogen) atoms. The number of amides is 2. The van der Waals surface area contributed by atoms with Gasteiger partial charge < -0.3 is 38.8 Å². The van der Waals surface area contributed by atoms with Crippen molar-refractivity contribution >= 4 is 12.0 Å². The summed E-state index contributed by atoms with van der Waals surface area (Å²) in [6.45, 7) is 6.41. The van der Waals surface area contributed by atoms with Crippen LogP contribution in [0.15, 0.2) is 18.2 Å². The number of halogens is 3. The van der Waals surface area contributed by atoms with Gasteiger partial charge in [0.25, 0.3) is 0 Å². The molecule has 10 nitrogen and oxygen atoms in total. The van der Waals surface area contributed by atoms with Crippen LogP contribution in [0.2, 0.25) is 0 Å². The number of nitrogens with one attached hydrogen (secondary N) is 1. The van der Waals surface area contributed by atoms with Gasteiger partial charge in [0.05, 0.1) is 30.3 Å². The molecule has 3 fully saturated rings.